The van der Waals surface area contributed by atoms with Gasteiger partial charge in [-0.1, -0.05) is 40.2 Å². The average molecular weight is 484 g/mol. The highest BCUT2D eigenvalue weighted by molar-refractivity contribution is 9.10. The van der Waals surface area contributed by atoms with E-state index in [1.807, 2.05) is 50.5 Å². The maximum absolute atomic E-state index is 5.77. The van der Waals surface area contributed by atoms with E-state index in [1.54, 1.807) is 7.11 Å². The van der Waals surface area contributed by atoms with Gasteiger partial charge in [-0.2, -0.15) is 0 Å². The highest BCUT2D eigenvalue weighted by Crippen LogP contribution is 2.19. The molecule has 0 fully saturated rings. The molecule has 0 saturated carbocycles. The fraction of sp³-hybridized carbons (Fsp3) is 0.208. The number of rotatable bonds is 7. The maximum atomic E-state index is 5.77. The molecule has 0 heterocycles. The molecule has 3 rings (SSSR count). The zero-order valence-corrected chi connectivity index (χ0v) is 19.8. The molecule has 0 aliphatic rings. The Bertz CT molecular complexity index is 957. The molecule has 0 unspecified atom stereocenters. The lowest BCUT2D eigenvalue weighted by molar-refractivity contribution is 0.407. The molecule has 4 nitrogen and oxygen atoms in total. The Morgan fingerprint density at radius 1 is 0.867 bits per heavy atom. The van der Waals surface area contributed by atoms with Crippen molar-refractivity contribution in [3.8, 4) is 5.75 Å². The number of nitrogens with one attached hydrogen (secondary N) is 1. The number of ether oxygens (including phenoxy) is 1. The van der Waals surface area contributed by atoms with E-state index < -0.39 is 0 Å². The minimum absolute atomic E-state index is 0.685. The first-order valence-corrected chi connectivity index (χ1v) is 10.9. The van der Waals surface area contributed by atoms with Crippen molar-refractivity contribution in [2.45, 2.75) is 13.1 Å². The minimum atomic E-state index is 0.685. The van der Waals surface area contributed by atoms with E-state index in [4.69, 9.17) is 17.0 Å². The first kappa shape index (κ1) is 22.1. The second-order valence-electron chi connectivity index (χ2n) is 7.20. The second kappa shape index (κ2) is 10.5. The summed E-state index contributed by atoms with van der Waals surface area (Å²) in [6.45, 7) is 1.41. The summed E-state index contributed by atoms with van der Waals surface area (Å²) < 4.78 is 6.31. The smallest absolute Gasteiger partial charge is 0.174 e. The summed E-state index contributed by atoms with van der Waals surface area (Å²) in [5.41, 5.74) is 4.51. The highest BCUT2D eigenvalue weighted by atomic mass is 79.9. The molecule has 0 amide bonds. The van der Waals surface area contributed by atoms with Gasteiger partial charge >= 0.3 is 0 Å². The number of nitrogens with zero attached hydrogens (tertiary/aromatic N) is 2. The van der Waals surface area contributed by atoms with E-state index in [0.717, 1.165) is 15.9 Å². The molecule has 0 radical (unpaired) electrons. The van der Waals surface area contributed by atoms with Gasteiger partial charge in [0.05, 0.1) is 7.11 Å². The molecule has 0 spiro atoms. The predicted octanol–water partition coefficient (Wildman–Crippen LogP) is 5.92. The highest BCUT2D eigenvalue weighted by Gasteiger charge is 2.12. The van der Waals surface area contributed by atoms with Crippen molar-refractivity contribution < 1.29 is 4.74 Å². The van der Waals surface area contributed by atoms with Crippen LogP contribution in [0.4, 0.5) is 11.4 Å². The van der Waals surface area contributed by atoms with Crippen LogP contribution in [-0.4, -0.2) is 31.2 Å². The van der Waals surface area contributed by atoms with Crippen molar-refractivity contribution in [2.24, 2.45) is 0 Å². The van der Waals surface area contributed by atoms with Gasteiger partial charge in [0.2, 0.25) is 0 Å². The van der Waals surface area contributed by atoms with Crippen LogP contribution in [0.2, 0.25) is 0 Å². The topological polar surface area (TPSA) is 27.7 Å². The van der Waals surface area contributed by atoms with Crippen molar-refractivity contribution in [1.29, 1.82) is 0 Å². The average Bonchev–Trinajstić information content (AvgIpc) is 2.75. The third-order valence-corrected chi connectivity index (χ3v) is 5.63. The van der Waals surface area contributed by atoms with Gasteiger partial charge in [0.1, 0.15) is 5.75 Å². The molecular weight excluding hydrogens is 458 g/mol. The first-order valence-electron chi connectivity index (χ1n) is 9.65. The monoisotopic (exact) mass is 483 g/mol. The Kier molecular flexibility index (Phi) is 7.71. The van der Waals surface area contributed by atoms with Crippen LogP contribution in [0.5, 0.6) is 5.75 Å². The van der Waals surface area contributed by atoms with Gasteiger partial charge in [-0.25, -0.2) is 0 Å². The Morgan fingerprint density at radius 2 is 1.40 bits per heavy atom. The summed E-state index contributed by atoms with van der Waals surface area (Å²) in [4.78, 5) is 4.27. The molecule has 0 aliphatic carbocycles. The van der Waals surface area contributed by atoms with Crippen molar-refractivity contribution >= 4 is 44.6 Å². The van der Waals surface area contributed by atoms with Crippen molar-refractivity contribution in [2.75, 3.05) is 31.4 Å². The molecule has 0 saturated heterocycles. The molecule has 0 aliphatic heterocycles. The van der Waals surface area contributed by atoms with E-state index in [-0.39, 0.29) is 0 Å². The molecule has 0 aromatic heterocycles. The summed E-state index contributed by atoms with van der Waals surface area (Å²) in [6.07, 6.45) is 0. The second-order valence-corrected chi connectivity index (χ2v) is 8.50. The van der Waals surface area contributed by atoms with Crippen LogP contribution < -0.4 is 15.0 Å². The largest absolute Gasteiger partial charge is 0.497 e. The van der Waals surface area contributed by atoms with E-state index in [1.165, 1.54) is 16.8 Å². The lowest BCUT2D eigenvalue weighted by atomic mass is 10.1. The number of hydrogen-bond acceptors (Lipinski definition) is 3. The van der Waals surface area contributed by atoms with Crippen LogP contribution >= 0.6 is 28.1 Å². The van der Waals surface area contributed by atoms with E-state index in [0.29, 0.717) is 18.2 Å². The number of hydrogen-bond donors (Lipinski definition) is 1. The fourth-order valence-corrected chi connectivity index (χ4v) is 3.52. The Balaban J connectivity index is 1.78. The quantitative estimate of drug-likeness (QED) is 0.420. The molecule has 0 atom stereocenters. The molecule has 156 valence electrons. The molecule has 30 heavy (non-hydrogen) atoms. The van der Waals surface area contributed by atoms with Gasteiger partial charge in [0.15, 0.2) is 5.11 Å². The van der Waals surface area contributed by atoms with Crippen LogP contribution in [0.3, 0.4) is 0 Å². The summed E-state index contributed by atoms with van der Waals surface area (Å²) >= 11 is 9.25. The van der Waals surface area contributed by atoms with E-state index in [2.05, 4.69) is 67.4 Å². The Hall–Kier alpha value is -2.57. The number of anilines is 2. The van der Waals surface area contributed by atoms with Crippen molar-refractivity contribution in [3.63, 3.8) is 0 Å². The normalized spacial score (nSPS) is 10.4. The summed E-state index contributed by atoms with van der Waals surface area (Å²) in [6, 6.07) is 24.7. The zero-order valence-electron chi connectivity index (χ0n) is 17.4. The third kappa shape index (κ3) is 6.21. The zero-order chi connectivity index (χ0) is 21.5. The van der Waals surface area contributed by atoms with Gasteiger partial charge in [-0.3, -0.25) is 0 Å². The number of methoxy groups -OCH3 is 1. The van der Waals surface area contributed by atoms with Crippen LogP contribution in [-0.2, 0) is 13.1 Å². The minimum Gasteiger partial charge on any atom is -0.497 e. The summed E-state index contributed by atoms with van der Waals surface area (Å²) in [7, 11) is 5.76. The third-order valence-electron chi connectivity index (χ3n) is 4.74. The first-order chi connectivity index (χ1) is 14.4. The maximum Gasteiger partial charge on any atom is 0.174 e. The van der Waals surface area contributed by atoms with Crippen LogP contribution in [0.15, 0.2) is 77.3 Å². The van der Waals surface area contributed by atoms with Gasteiger partial charge in [-0.05, 0) is 71.9 Å². The van der Waals surface area contributed by atoms with E-state index >= 15 is 0 Å². The van der Waals surface area contributed by atoms with Crippen molar-refractivity contribution in [1.82, 2.24) is 4.90 Å². The fourth-order valence-electron chi connectivity index (χ4n) is 3.01. The lowest BCUT2D eigenvalue weighted by Gasteiger charge is -2.26. The molecule has 1 N–H and O–H groups in total. The van der Waals surface area contributed by atoms with Crippen LogP contribution in [0, 0.1) is 0 Å². The molecule has 6 heteroatoms. The number of halogens is 1. The Morgan fingerprint density at radius 3 is 1.90 bits per heavy atom. The molecule has 0 bridgehead atoms. The van der Waals surface area contributed by atoms with Crippen LogP contribution in [0.1, 0.15) is 11.1 Å². The van der Waals surface area contributed by atoms with Crippen molar-refractivity contribution in [3.05, 3.63) is 88.4 Å². The standard InChI is InChI=1S/C24H26BrN3OS/c1-27(2)22-12-4-18(5-13-22)16-28(17-19-6-14-23(29-3)15-7-19)24(30)26-21-10-8-20(25)9-11-21/h4-15H,16-17H2,1-3H3,(H,26,30). The molecule has 3 aromatic rings. The van der Waals surface area contributed by atoms with E-state index in [9.17, 15) is 0 Å². The Labute approximate surface area is 192 Å². The lowest BCUT2D eigenvalue weighted by Crippen LogP contribution is -2.33. The number of benzene rings is 3. The van der Waals surface area contributed by atoms with Gasteiger partial charge in [0.25, 0.3) is 0 Å². The van der Waals surface area contributed by atoms with Gasteiger partial charge in [0, 0.05) is 43.0 Å². The van der Waals surface area contributed by atoms with Crippen LogP contribution in [0.25, 0.3) is 0 Å². The molecular formula is C24H26BrN3OS. The molecule has 3 aromatic carbocycles. The van der Waals surface area contributed by atoms with Gasteiger partial charge in [-0.15, -0.1) is 0 Å². The van der Waals surface area contributed by atoms with Gasteiger partial charge < -0.3 is 19.9 Å². The summed E-state index contributed by atoms with van der Waals surface area (Å²) in [5.74, 6) is 0.847. The number of thiocarbonyl (C=S) groups is 1. The SMILES string of the molecule is COc1ccc(CN(Cc2ccc(N(C)C)cc2)C(=S)Nc2ccc(Br)cc2)cc1. The summed E-state index contributed by atoms with van der Waals surface area (Å²) in [5, 5.41) is 4.05. The predicted molar refractivity (Wildman–Crippen MR) is 133 cm³/mol.